The van der Waals surface area contributed by atoms with Crippen LogP contribution in [-0.2, 0) is 14.4 Å². The first-order chi connectivity index (χ1) is 14.0. The second-order valence-corrected chi connectivity index (χ2v) is 8.52. The number of hydrogen-bond donors (Lipinski definition) is 6. The molecular formula is C21H23NO8. The molecule has 0 heterocycles. The first-order valence-corrected chi connectivity index (χ1v) is 9.68. The summed E-state index contributed by atoms with van der Waals surface area (Å²) in [7, 11) is 0. The van der Waals surface area contributed by atoms with Crippen molar-refractivity contribution in [1.29, 1.82) is 0 Å². The summed E-state index contributed by atoms with van der Waals surface area (Å²) in [6.45, 7) is 3.11. The van der Waals surface area contributed by atoms with Crippen molar-refractivity contribution in [3.63, 3.8) is 0 Å². The van der Waals surface area contributed by atoms with Crippen molar-refractivity contribution in [2.45, 2.75) is 37.6 Å². The number of benzene rings is 1. The number of aliphatic hydroxyl groups is 4. The Morgan fingerprint density at radius 3 is 2.33 bits per heavy atom. The molecule has 8 unspecified atom stereocenters. The van der Waals surface area contributed by atoms with E-state index in [9.17, 15) is 39.9 Å². The summed E-state index contributed by atoms with van der Waals surface area (Å²) in [4.78, 5) is 38.3. The van der Waals surface area contributed by atoms with Crippen LogP contribution in [-0.4, -0.2) is 60.8 Å². The van der Waals surface area contributed by atoms with Crippen LogP contribution in [0.25, 0.3) is 5.76 Å². The van der Waals surface area contributed by atoms with Crippen molar-refractivity contribution in [1.82, 2.24) is 0 Å². The zero-order valence-electron chi connectivity index (χ0n) is 16.3. The van der Waals surface area contributed by atoms with Gasteiger partial charge in [-0.05, 0) is 23.5 Å². The molecule has 0 saturated heterocycles. The number of fused-ring (bicyclic) bond motifs is 3. The second kappa shape index (κ2) is 6.37. The van der Waals surface area contributed by atoms with E-state index in [0.717, 1.165) is 0 Å². The zero-order chi connectivity index (χ0) is 22.3. The van der Waals surface area contributed by atoms with Gasteiger partial charge in [0.1, 0.15) is 17.4 Å². The summed E-state index contributed by atoms with van der Waals surface area (Å²) in [5, 5.41) is 54.1. The van der Waals surface area contributed by atoms with Crippen molar-refractivity contribution < 1.29 is 39.9 Å². The smallest absolute Gasteiger partial charge is 0.230 e. The van der Waals surface area contributed by atoms with Gasteiger partial charge in [0.15, 0.2) is 11.4 Å². The summed E-state index contributed by atoms with van der Waals surface area (Å²) in [6, 6.07) is 4.51. The highest BCUT2D eigenvalue weighted by atomic mass is 16.3. The average molecular weight is 417 g/mol. The van der Waals surface area contributed by atoms with Crippen molar-refractivity contribution >= 4 is 23.2 Å². The third-order valence-corrected chi connectivity index (χ3v) is 7.15. The number of ketones is 2. The summed E-state index contributed by atoms with van der Waals surface area (Å²) >= 11 is 0. The lowest BCUT2D eigenvalue weighted by Gasteiger charge is -2.54. The Bertz CT molecular complexity index is 1020. The summed E-state index contributed by atoms with van der Waals surface area (Å²) in [5.41, 5.74) is 2.48. The topological polar surface area (TPSA) is 178 Å². The number of aromatic hydroxyl groups is 1. The van der Waals surface area contributed by atoms with Crippen LogP contribution in [0.2, 0.25) is 0 Å². The van der Waals surface area contributed by atoms with Crippen LogP contribution in [0.1, 0.15) is 30.9 Å². The third-order valence-electron chi connectivity index (χ3n) is 7.15. The SMILES string of the molecule is CC1c2cccc(O)c2C(O)=C2C(=O)C3(O)C(=O)C(C(N)=O)C(O)C(C)C3C(O)C21. The lowest BCUT2D eigenvalue weighted by molar-refractivity contribution is -0.196. The Morgan fingerprint density at radius 1 is 1.10 bits per heavy atom. The summed E-state index contributed by atoms with van der Waals surface area (Å²) < 4.78 is 0. The number of rotatable bonds is 1. The van der Waals surface area contributed by atoms with E-state index in [4.69, 9.17) is 5.73 Å². The Hall–Kier alpha value is -2.75. The van der Waals surface area contributed by atoms with Crippen LogP contribution in [0, 0.1) is 23.7 Å². The zero-order valence-corrected chi connectivity index (χ0v) is 16.3. The quantitative estimate of drug-likeness (QED) is 0.327. The maximum atomic E-state index is 13.5. The van der Waals surface area contributed by atoms with E-state index in [1.165, 1.54) is 13.0 Å². The molecule has 30 heavy (non-hydrogen) atoms. The van der Waals surface area contributed by atoms with E-state index < -0.39 is 70.6 Å². The number of phenolic OH excluding ortho intramolecular Hbond substituents is 1. The number of carbonyl (C=O) groups excluding carboxylic acids is 3. The molecule has 8 atom stereocenters. The van der Waals surface area contributed by atoms with Gasteiger partial charge in [-0.3, -0.25) is 14.4 Å². The monoisotopic (exact) mass is 417 g/mol. The summed E-state index contributed by atoms with van der Waals surface area (Å²) in [6.07, 6.45) is -3.09. The van der Waals surface area contributed by atoms with Crippen LogP contribution in [0.15, 0.2) is 23.8 Å². The highest BCUT2D eigenvalue weighted by molar-refractivity contribution is 6.25. The van der Waals surface area contributed by atoms with Crippen LogP contribution in [0.5, 0.6) is 5.75 Å². The number of primary amides is 1. The van der Waals surface area contributed by atoms with Gasteiger partial charge < -0.3 is 31.3 Å². The summed E-state index contributed by atoms with van der Waals surface area (Å²) in [5.74, 6) is -10.4. The highest BCUT2D eigenvalue weighted by Gasteiger charge is 2.69. The van der Waals surface area contributed by atoms with E-state index in [1.807, 2.05) is 0 Å². The van der Waals surface area contributed by atoms with E-state index in [1.54, 1.807) is 19.1 Å². The van der Waals surface area contributed by atoms with Crippen LogP contribution >= 0.6 is 0 Å². The predicted molar refractivity (Wildman–Crippen MR) is 102 cm³/mol. The molecule has 0 bridgehead atoms. The predicted octanol–water partition coefficient (Wildman–Crippen LogP) is -0.633. The molecule has 0 aliphatic heterocycles. The minimum atomic E-state index is -2.85. The molecule has 9 nitrogen and oxygen atoms in total. The van der Waals surface area contributed by atoms with Gasteiger partial charge in [0.25, 0.3) is 0 Å². The molecule has 2 saturated carbocycles. The fraction of sp³-hybridized carbons (Fsp3) is 0.476. The van der Waals surface area contributed by atoms with Gasteiger partial charge in [0.05, 0.1) is 17.8 Å². The molecule has 1 aromatic carbocycles. The molecule has 4 rings (SSSR count). The Kier molecular flexibility index (Phi) is 4.36. The molecule has 3 aliphatic carbocycles. The van der Waals surface area contributed by atoms with Gasteiger partial charge in [-0.25, -0.2) is 0 Å². The van der Waals surface area contributed by atoms with Gasteiger partial charge in [0.2, 0.25) is 11.7 Å². The van der Waals surface area contributed by atoms with Crippen molar-refractivity contribution in [3.05, 3.63) is 34.9 Å². The fourth-order valence-electron chi connectivity index (χ4n) is 5.66. The number of Topliss-reactive ketones (excluding diaryl/α,β-unsaturated/α-hetero) is 2. The molecule has 0 aromatic heterocycles. The maximum Gasteiger partial charge on any atom is 0.230 e. The first-order valence-electron chi connectivity index (χ1n) is 9.68. The molecule has 9 heteroatoms. The number of phenols is 1. The van der Waals surface area contributed by atoms with Crippen LogP contribution in [0.3, 0.4) is 0 Å². The van der Waals surface area contributed by atoms with Gasteiger partial charge >= 0.3 is 0 Å². The molecule has 7 N–H and O–H groups in total. The Morgan fingerprint density at radius 2 is 1.73 bits per heavy atom. The lowest BCUT2D eigenvalue weighted by atomic mass is 9.51. The molecule has 3 aliphatic rings. The van der Waals surface area contributed by atoms with Gasteiger partial charge in [-0.1, -0.05) is 26.0 Å². The molecule has 1 aromatic rings. The number of aliphatic hydroxyl groups excluding tert-OH is 3. The standard InChI is InChI=1S/C21H23NO8/c1-6-8-4-3-5-9(23)11(8)16(25)12-10(6)17(26)14-7(2)15(24)13(20(22)29)19(28)21(14,30)18(12)27/h3-7,10,13-15,17,23-26,30H,1-2H3,(H2,22,29). The fourth-order valence-corrected chi connectivity index (χ4v) is 5.66. The molecule has 2 fully saturated rings. The first kappa shape index (κ1) is 20.5. The van der Waals surface area contributed by atoms with Crippen LogP contribution in [0.4, 0.5) is 0 Å². The largest absolute Gasteiger partial charge is 0.507 e. The molecule has 1 amide bonds. The van der Waals surface area contributed by atoms with E-state index in [0.29, 0.717) is 5.56 Å². The highest BCUT2D eigenvalue weighted by Crippen LogP contribution is 2.56. The van der Waals surface area contributed by atoms with Gasteiger partial charge in [-0.15, -0.1) is 0 Å². The van der Waals surface area contributed by atoms with Crippen molar-refractivity contribution in [2.75, 3.05) is 0 Å². The Labute approximate surface area is 171 Å². The normalized spacial score (nSPS) is 40.5. The second-order valence-electron chi connectivity index (χ2n) is 8.52. The number of hydrogen-bond acceptors (Lipinski definition) is 8. The van der Waals surface area contributed by atoms with E-state index in [-0.39, 0.29) is 16.9 Å². The number of amides is 1. The van der Waals surface area contributed by atoms with Crippen LogP contribution < -0.4 is 5.73 Å². The minimum absolute atomic E-state index is 0.0124. The lowest BCUT2D eigenvalue weighted by Crippen LogP contribution is -2.73. The molecular weight excluding hydrogens is 394 g/mol. The average Bonchev–Trinajstić information content (AvgIpc) is 2.67. The van der Waals surface area contributed by atoms with E-state index >= 15 is 0 Å². The minimum Gasteiger partial charge on any atom is -0.507 e. The van der Waals surface area contributed by atoms with Gasteiger partial charge in [-0.2, -0.15) is 0 Å². The molecule has 0 radical (unpaired) electrons. The number of carbonyl (C=O) groups is 3. The molecule has 160 valence electrons. The van der Waals surface area contributed by atoms with Gasteiger partial charge in [0, 0.05) is 17.4 Å². The third kappa shape index (κ3) is 2.25. The van der Waals surface area contributed by atoms with Crippen molar-refractivity contribution in [2.24, 2.45) is 29.4 Å². The van der Waals surface area contributed by atoms with Crippen molar-refractivity contribution in [3.8, 4) is 5.75 Å². The number of nitrogens with two attached hydrogens (primary N) is 1. The molecule has 0 spiro atoms. The van der Waals surface area contributed by atoms with E-state index in [2.05, 4.69) is 0 Å². The Balaban J connectivity index is 1.98. The maximum absolute atomic E-state index is 13.5.